The molecule has 0 spiro atoms. The highest BCUT2D eigenvalue weighted by molar-refractivity contribution is 7.10. The van der Waals surface area contributed by atoms with E-state index in [1.54, 1.807) is 11.3 Å². The quantitative estimate of drug-likeness (QED) is 0.850. The normalized spacial score (nSPS) is 16.5. The molecule has 0 saturated heterocycles. The van der Waals surface area contributed by atoms with Crippen LogP contribution in [0.5, 0.6) is 0 Å². The van der Waals surface area contributed by atoms with Gasteiger partial charge < -0.3 is 5.73 Å². The lowest BCUT2D eigenvalue weighted by Crippen LogP contribution is -2.30. The molecule has 1 aromatic rings. The van der Waals surface area contributed by atoms with E-state index in [0.717, 1.165) is 24.8 Å². The van der Waals surface area contributed by atoms with Crippen LogP contribution in [0.25, 0.3) is 0 Å². The van der Waals surface area contributed by atoms with Gasteiger partial charge >= 0.3 is 0 Å². The van der Waals surface area contributed by atoms with Crippen LogP contribution in [0.1, 0.15) is 28.8 Å². The minimum absolute atomic E-state index is 0.185. The summed E-state index contributed by atoms with van der Waals surface area (Å²) in [6.07, 6.45) is 4.17. The van der Waals surface area contributed by atoms with E-state index < -0.39 is 12.5 Å². The molecule has 1 heterocycles. The predicted molar refractivity (Wildman–Crippen MR) is 58.7 cm³/mol. The lowest BCUT2D eigenvalue weighted by molar-refractivity contribution is 0.0114. The monoisotopic (exact) mass is 231 g/mol. The molecule has 15 heavy (non-hydrogen) atoms. The zero-order valence-corrected chi connectivity index (χ0v) is 9.38. The molecule has 0 saturated carbocycles. The first-order valence-corrected chi connectivity index (χ1v) is 6.16. The van der Waals surface area contributed by atoms with Crippen molar-refractivity contribution in [2.24, 2.45) is 5.73 Å². The van der Waals surface area contributed by atoms with Crippen molar-refractivity contribution in [3.8, 4) is 0 Å². The molecule has 1 aromatic heterocycles. The number of thiophene rings is 1. The highest BCUT2D eigenvalue weighted by Gasteiger charge is 2.29. The van der Waals surface area contributed by atoms with Crippen LogP contribution in [-0.2, 0) is 19.3 Å². The third kappa shape index (κ3) is 2.37. The molecule has 0 aliphatic heterocycles. The molecule has 2 rings (SSSR count). The summed E-state index contributed by atoms with van der Waals surface area (Å²) in [4.78, 5) is 1.31. The molecule has 0 bridgehead atoms. The summed E-state index contributed by atoms with van der Waals surface area (Å²) in [5.74, 6) is -2.74. The van der Waals surface area contributed by atoms with Crippen molar-refractivity contribution >= 4 is 11.3 Å². The number of hydrogen-bond donors (Lipinski definition) is 1. The van der Waals surface area contributed by atoms with E-state index in [0.29, 0.717) is 0 Å². The molecular weight excluding hydrogens is 216 g/mol. The van der Waals surface area contributed by atoms with E-state index in [4.69, 9.17) is 5.73 Å². The molecule has 1 aliphatic carbocycles. The van der Waals surface area contributed by atoms with E-state index in [9.17, 15) is 8.78 Å². The first-order chi connectivity index (χ1) is 7.12. The summed E-state index contributed by atoms with van der Waals surface area (Å²) in [5, 5.41) is 1.89. The maximum atomic E-state index is 13.2. The topological polar surface area (TPSA) is 26.0 Å². The van der Waals surface area contributed by atoms with Gasteiger partial charge in [0.1, 0.15) is 0 Å². The van der Waals surface area contributed by atoms with Crippen LogP contribution in [0.15, 0.2) is 5.38 Å². The van der Waals surface area contributed by atoms with Gasteiger partial charge in [0, 0.05) is 11.3 Å². The van der Waals surface area contributed by atoms with Crippen LogP contribution >= 0.6 is 11.3 Å². The van der Waals surface area contributed by atoms with Crippen LogP contribution in [0.2, 0.25) is 0 Å². The van der Waals surface area contributed by atoms with Gasteiger partial charge in [0.15, 0.2) is 0 Å². The fraction of sp³-hybridized carbons (Fsp3) is 0.636. The van der Waals surface area contributed by atoms with E-state index in [1.165, 1.54) is 16.9 Å². The lowest BCUT2D eigenvalue weighted by Gasteiger charge is -2.16. The Morgan fingerprint density at radius 2 is 2.07 bits per heavy atom. The van der Waals surface area contributed by atoms with Crippen molar-refractivity contribution in [3.63, 3.8) is 0 Å². The van der Waals surface area contributed by atoms with Gasteiger partial charge in [-0.25, -0.2) is 8.78 Å². The average molecular weight is 231 g/mol. The number of fused-ring (bicyclic) bond motifs is 1. The standard InChI is InChI=1S/C11H15F2NS/c12-11(13,7-14)5-8-6-15-10-4-2-1-3-9(8)10/h6H,1-5,7,14H2. The van der Waals surface area contributed by atoms with Gasteiger partial charge in [-0.05, 0) is 42.2 Å². The summed E-state index contributed by atoms with van der Waals surface area (Å²) in [6.45, 7) is -0.558. The Balaban J connectivity index is 2.19. The fourth-order valence-electron chi connectivity index (χ4n) is 2.06. The van der Waals surface area contributed by atoms with Gasteiger partial charge in [0.2, 0.25) is 0 Å². The van der Waals surface area contributed by atoms with Crippen molar-refractivity contribution in [3.05, 3.63) is 21.4 Å². The number of hydrogen-bond acceptors (Lipinski definition) is 2. The Hall–Kier alpha value is -0.480. The van der Waals surface area contributed by atoms with Gasteiger partial charge in [-0.1, -0.05) is 0 Å². The van der Waals surface area contributed by atoms with Gasteiger partial charge in [0.05, 0.1) is 6.54 Å². The summed E-state index contributed by atoms with van der Waals surface area (Å²) in [5.41, 5.74) is 7.06. The van der Waals surface area contributed by atoms with Crippen LogP contribution in [0.4, 0.5) is 8.78 Å². The third-order valence-corrected chi connectivity index (χ3v) is 4.03. The second-order valence-corrected chi connectivity index (χ2v) is 5.07. The molecule has 0 unspecified atom stereocenters. The van der Waals surface area contributed by atoms with Gasteiger partial charge in [0.25, 0.3) is 5.92 Å². The van der Waals surface area contributed by atoms with Gasteiger partial charge in [-0.3, -0.25) is 0 Å². The fourth-order valence-corrected chi connectivity index (χ4v) is 3.21. The minimum Gasteiger partial charge on any atom is -0.325 e. The average Bonchev–Trinajstić information content (AvgIpc) is 2.62. The smallest absolute Gasteiger partial charge is 0.264 e. The summed E-state index contributed by atoms with van der Waals surface area (Å²) < 4.78 is 26.3. The molecular formula is C11H15F2NS. The highest BCUT2D eigenvalue weighted by atomic mass is 32.1. The molecule has 84 valence electrons. The largest absolute Gasteiger partial charge is 0.325 e. The van der Waals surface area contributed by atoms with Crippen LogP contribution in [0, 0.1) is 0 Å². The zero-order chi connectivity index (χ0) is 10.9. The van der Waals surface area contributed by atoms with Crippen molar-refractivity contribution in [1.29, 1.82) is 0 Å². The Bertz CT molecular complexity index is 346. The number of alkyl halides is 2. The van der Waals surface area contributed by atoms with Crippen LogP contribution in [-0.4, -0.2) is 12.5 Å². The van der Waals surface area contributed by atoms with E-state index in [-0.39, 0.29) is 6.42 Å². The van der Waals surface area contributed by atoms with E-state index in [2.05, 4.69) is 0 Å². The molecule has 4 heteroatoms. The predicted octanol–water partition coefficient (Wildman–Crippen LogP) is 2.76. The number of halogens is 2. The number of rotatable bonds is 3. The Morgan fingerprint density at radius 1 is 1.33 bits per heavy atom. The van der Waals surface area contributed by atoms with E-state index >= 15 is 0 Å². The van der Waals surface area contributed by atoms with Crippen molar-refractivity contribution < 1.29 is 8.78 Å². The maximum absolute atomic E-state index is 13.2. The first-order valence-electron chi connectivity index (χ1n) is 5.28. The molecule has 0 radical (unpaired) electrons. The highest BCUT2D eigenvalue weighted by Crippen LogP contribution is 2.33. The molecule has 0 amide bonds. The SMILES string of the molecule is NCC(F)(F)Cc1csc2c1CCCC2. The van der Waals surface area contributed by atoms with Crippen LogP contribution < -0.4 is 5.73 Å². The second-order valence-electron chi connectivity index (χ2n) is 4.11. The molecule has 1 aliphatic rings. The van der Waals surface area contributed by atoms with Crippen molar-refractivity contribution in [2.45, 2.75) is 38.0 Å². The van der Waals surface area contributed by atoms with Gasteiger partial charge in [-0.2, -0.15) is 0 Å². The Morgan fingerprint density at radius 3 is 2.80 bits per heavy atom. The summed E-state index contributed by atoms with van der Waals surface area (Å²) >= 11 is 1.63. The molecule has 0 aromatic carbocycles. The minimum atomic E-state index is -2.74. The first kappa shape index (κ1) is 11.0. The van der Waals surface area contributed by atoms with Gasteiger partial charge in [-0.15, -0.1) is 11.3 Å². The molecule has 1 nitrogen and oxygen atoms in total. The van der Waals surface area contributed by atoms with E-state index in [1.807, 2.05) is 5.38 Å². The second kappa shape index (κ2) is 4.18. The summed E-state index contributed by atoms with van der Waals surface area (Å²) in [6, 6.07) is 0. The third-order valence-electron chi connectivity index (χ3n) is 2.90. The number of aryl methyl sites for hydroxylation is 1. The van der Waals surface area contributed by atoms with Crippen LogP contribution in [0.3, 0.4) is 0 Å². The van der Waals surface area contributed by atoms with Crippen molar-refractivity contribution in [2.75, 3.05) is 6.54 Å². The maximum Gasteiger partial charge on any atom is 0.264 e. The molecule has 2 N–H and O–H groups in total. The lowest BCUT2D eigenvalue weighted by atomic mass is 9.93. The Kier molecular flexibility index (Phi) is 3.07. The molecule has 0 fully saturated rings. The summed E-state index contributed by atoms with van der Waals surface area (Å²) in [7, 11) is 0. The van der Waals surface area contributed by atoms with Crippen molar-refractivity contribution in [1.82, 2.24) is 0 Å². The zero-order valence-electron chi connectivity index (χ0n) is 8.56. The Labute approximate surface area is 92.3 Å². The number of nitrogens with two attached hydrogens (primary N) is 1. The molecule has 0 atom stereocenters.